The van der Waals surface area contributed by atoms with Crippen molar-refractivity contribution in [3.8, 4) is 51.7 Å². The molecule has 0 bridgehead atoms. The average Bonchev–Trinajstić information content (AvgIpc) is 3.59. The second-order valence-corrected chi connectivity index (χ2v) is 12.7. The van der Waals surface area contributed by atoms with Gasteiger partial charge in [-0.25, -0.2) is 14.4 Å². The molecule has 0 aromatic heterocycles. The van der Waals surface area contributed by atoms with Crippen molar-refractivity contribution in [3.63, 3.8) is 0 Å². The van der Waals surface area contributed by atoms with Crippen molar-refractivity contribution in [1.82, 2.24) is 0 Å². The van der Waals surface area contributed by atoms with E-state index in [2.05, 4.69) is 0 Å². The molecule has 0 radical (unpaired) electrons. The van der Waals surface area contributed by atoms with Gasteiger partial charge in [-0.05, 0) is 91.1 Å². The molecule has 11 N–H and O–H groups in total. The lowest BCUT2D eigenvalue weighted by molar-refractivity contribution is 0.0685. The van der Waals surface area contributed by atoms with E-state index in [-0.39, 0.29) is 50.4 Å². The van der Waals surface area contributed by atoms with Crippen LogP contribution in [-0.2, 0) is 0 Å². The van der Waals surface area contributed by atoms with Gasteiger partial charge >= 0.3 is 17.9 Å². The molecule has 0 spiro atoms. The van der Waals surface area contributed by atoms with Crippen molar-refractivity contribution in [2.45, 2.75) is 33.6 Å². The Hall–Kier alpha value is -8.61. The van der Waals surface area contributed by atoms with E-state index in [4.69, 9.17) is 55.8 Å². The minimum atomic E-state index is -1.29. The van der Waals surface area contributed by atoms with Gasteiger partial charge in [0.15, 0.2) is 40.2 Å². The number of carboxylic acid groups (broad SMARTS) is 3. The second-order valence-electron chi connectivity index (χ2n) is 12.7. The molecule has 0 aliphatic rings. The van der Waals surface area contributed by atoms with Crippen LogP contribution in [0.1, 0.15) is 67.5 Å². The number of carbonyl (C=O) groups is 3. The number of aromatic carboxylic acids is 3. The lowest BCUT2D eigenvalue weighted by atomic mass is 10.1. The number of hydrogen-bond donors (Lipinski definition) is 11. The van der Waals surface area contributed by atoms with Crippen molar-refractivity contribution in [2.24, 2.45) is 0 Å². The molecule has 0 fully saturated rings. The topological polar surface area (TPSA) is 351 Å². The van der Waals surface area contributed by atoms with Crippen LogP contribution in [0.5, 0.6) is 51.7 Å². The minimum absolute atomic E-state index is 0.0370. The van der Waals surface area contributed by atoms with Gasteiger partial charge in [-0.15, -0.1) is 0 Å². The number of phenolic OH excluding ortho intramolecular Hbond substituents is 3. The van der Waals surface area contributed by atoms with Gasteiger partial charge in [0.25, 0.3) is 0 Å². The minimum Gasteiger partial charge on any atom is -0.504 e. The van der Waals surface area contributed by atoms with Crippen molar-refractivity contribution >= 4 is 17.9 Å². The van der Waals surface area contributed by atoms with Gasteiger partial charge in [0.1, 0.15) is 0 Å². The monoisotopic (exact) mass is 862 g/mol. The molecule has 0 saturated carbocycles. The largest absolute Gasteiger partial charge is 0.504 e. The van der Waals surface area contributed by atoms with Crippen LogP contribution in [-0.4, -0.2) is 81.2 Å². The first-order valence-electron chi connectivity index (χ1n) is 17.4. The maximum Gasteiger partial charge on any atom is 0.336 e. The van der Waals surface area contributed by atoms with E-state index >= 15 is 0 Å². The summed E-state index contributed by atoms with van der Waals surface area (Å²) in [5.41, 5.74) is -1.45. The Morgan fingerprint density at radius 1 is 0.468 bits per heavy atom. The predicted molar refractivity (Wildman–Crippen MR) is 222 cm³/mol. The molecule has 0 saturated heterocycles. The number of aromatic hydroxyl groups is 8. The number of methoxy groups -OCH3 is 1. The van der Waals surface area contributed by atoms with E-state index in [9.17, 15) is 38.7 Å². The summed E-state index contributed by atoms with van der Waals surface area (Å²) in [4.78, 5) is 75.7. The Labute approximate surface area is 350 Å². The molecule has 0 unspecified atom stereocenters. The predicted octanol–water partition coefficient (Wildman–Crippen LogP) is 4.36. The van der Waals surface area contributed by atoms with Gasteiger partial charge in [0.05, 0.1) is 23.8 Å². The van der Waals surface area contributed by atoms with E-state index in [1.165, 1.54) is 51.3 Å². The Balaban J connectivity index is 0.000000391. The van der Waals surface area contributed by atoms with Crippen molar-refractivity contribution in [3.05, 3.63) is 165 Å². The van der Waals surface area contributed by atoms with Gasteiger partial charge in [-0.1, -0.05) is 44.2 Å². The summed E-state index contributed by atoms with van der Waals surface area (Å²) in [7, 11) is 1.29. The number of hydrogen-bond acceptors (Lipinski definition) is 16. The van der Waals surface area contributed by atoms with Crippen LogP contribution in [0.4, 0.5) is 0 Å². The van der Waals surface area contributed by atoms with Crippen molar-refractivity contribution in [1.29, 1.82) is 0 Å². The standard InChI is InChI=1S/C10H10O5.C10H12O2.C9H8O5.C7H6O5.C7H6O2/c1-5-3-8(15-2)9(12)7(11)4-6(5)10(13)14;1-7(2)8-4-3-5-9(11)10(12)6-8;1-4-2-6(10)8(12)7(11)3-5(4)9(13)14;8-4-1-3(7(11)12)2-5(9)6(4)10;8-6-4-2-1-3-5-7(6)9/h3-4H,1-2H3,(H,11,12)(H,13,14);3-7H,1-2H3,(H,11,12);2-3H,1H3,(H,13,14)(H2,10,11,12);1-2,8-10H,(H,11,12);1-5H,(H,8,9). The summed E-state index contributed by atoms with van der Waals surface area (Å²) < 4.78 is 4.76. The maximum atomic E-state index is 11.3. The summed E-state index contributed by atoms with van der Waals surface area (Å²) in [6, 6.07) is 19.6. The normalized spacial score (nSPS) is 9.71. The molecule has 0 atom stereocenters. The fourth-order valence-electron chi connectivity index (χ4n) is 4.40. The molecule has 5 aromatic rings. The highest BCUT2D eigenvalue weighted by Gasteiger charge is 2.14. The van der Waals surface area contributed by atoms with E-state index in [1.54, 1.807) is 24.3 Å². The maximum absolute atomic E-state index is 11.3. The van der Waals surface area contributed by atoms with Crippen molar-refractivity contribution in [2.75, 3.05) is 7.11 Å². The Kier molecular flexibility index (Phi) is 19.7. The van der Waals surface area contributed by atoms with E-state index < -0.39 is 63.3 Å². The summed E-state index contributed by atoms with van der Waals surface area (Å²) in [5.74, 6) is -8.12. The van der Waals surface area contributed by atoms with Gasteiger partial charge in [-0.2, -0.15) is 0 Å². The lowest BCUT2D eigenvalue weighted by Gasteiger charge is -2.01. The molecule has 5 aromatic carbocycles. The zero-order chi connectivity index (χ0) is 47.6. The molecule has 5 rings (SSSR count). The number of aryl methyl sites for hydroxylation is 2. The molecular formula is C43H42O19. The molecule has 0 aliphatic heterocycles. The first-order valence-corrected chi connectivity index (χ1v) is 17.4. The Morgan fingerprint density at radius 2 is 0.935 bits per heavy atom. The van der Waals surface area contributed by atoms with E-state index in [1.807, 2.05) is 19.9 Å². The SMILES string of the molecule is CC(C)c1cccc(O)c(=O)c1.COc1cc(C)c(C(=O)O)cc(=O)c1O.Cc1cc(=O)c(O)c(O)cc1C(=O)O.O=C(O)c1cc(O)c(O)c(O)c1.O=c1cccccc1O. The first-order chi connectivity index (χ1) is 28.8. The van der Waals surface area contributed by atoms with Crippen LogP contribution in [0.2, 0.25) is 0 Å². The van der Waals surface area contributed by atoms with Gasteiger partial charge < -0.3 is 60.9 Å². The molecular weight excluding hydrogens is 820 g/mol. The summed E-state index contributed by atoms with van der Waals surface area (Å²) >= 11 is 0. The molecule has 62 heavy (non-hydrogen) atoms. The zero-order valence-electron chi connectivity index (χ0n) is 33.4. The van der Waals surface area contributed by atoms with Crippen LogP contribution in [0.15, 0.2) is 110 Å². The third kappa shape index (κ3) is 15.6. The zero-order valence-corrected chi connectivity index (χ0v) is 33.4. The molecule has 0 amide bonds. The van der Waals surface area contributed by atoms with Gasteiger partial charge in [0.2, 0.25) is 33.2 Å². The molecule has 19 heteroatoms. The van der Waals surface area contributed by atoms with Crippen LogP contribution < -0.4 is 26.5 Å². The number of rotatable bonds is 5. The van der Waals surface area contributed by atoms with Crippen LogP contribution in [0.3, 0.4) is 0 Å². The highest BCUT2D eigenvalue weighted by Crippen LogP contribution is 2.35. The highest BCUT2D eigenvalue weighted by molar-refractivity contribution is 5.90. The number of carboxylic acids is 3. The average molecular weight is 863 g/mol. The van der Waals surface area contributed by atoms with Crippen LogP contribution in [0.25, 0.3) is 0 Å². The number of benzene rings is 1. The fraction of sp³-hybridized carbons (Fsp3) is 0.140. The smallest absolute Gasteiger partial charge is 0.336 e. The first kappa shape index (κ1) is 51.4. The number of ether oxygens (including phenoxy) is 1. The fourth-order valence-corrected chi connectivity index (χ4v) is 4.40. The summed E-state index contributed by atoms with van der Waals surface area (Å²) in [6.07, 6.45) is 0. The van der Waals surface area contributed by atoms with Gasteiger partial charge in [0, 0.05) is 6.07 Å². The quantitative estimate of drug-likeness (QED) is 0.109. The highest BCUT2D eigenvalue weighted by atomic mass is 16.5. The summed E-state index contributed by atoms with van der Waals surface area (Å²) in [6.45, 7) is 6.94. The van der Waals surface area contributed by atoms with Crippen LogP contribution in [0, 0.1) is 13.8 Å². The molecule has 0 aliphatic carbocycles. The summed E-state index contributed by atoms with van der Waals surface area (Å²) in [5, 5.41) is 97.8. The molecule has 328 valence electrons. The lowest BCUT2D eigenvalue weighted by Crippen LogP contribution is -2.02. The van der Waals surface area contributed by atoms with Gasteiger partial charge in [-0.3, -0.25) is 19.2 Å². The third-order valence-electron chi connectivity index (χ3n) is 7.78. The van der Waals surface area contributed by atoms with Crippen molar-refractivity contribution < 1.29 is 75.3 Å². The third-order valence-corrected chi connectivity index (χ3v) is 7.78. The van der Waals surface area contributed by atoms with E-state index in [0.717, 1.165) is 35.9 Å². The number of phenols is 3. The Bertz CT molecular complexity index is 2660. The van der Waals surface area contributed by atoms with E-state index in [0.29, 0.717) is 11.5 Å². The molecule has 0 heterocycles. The van der Waals surface area contributed by atoms with Crippen LogP contribution >= 0.6 is 0 Å². The second kappa shape index (κ2) is 23.7. The Morgan fingerprint density at radius 3 is 1.45 bits per heavy atom. The molecule has 19 nitrogen and oxygen atoms in total.